The largest absolute Gasteiger partial charge is 0.0836 e. The molecule has 0 aromatic heterocycles. The monoisotopic (exact) mass is 410 g/mol. The van der Waals surface area contributed by atoms with Crippen LogP contribution in [0.3, 0.4) is 0 Å². The minimum Gasteiger partial charge on any atom is -0.0836 e. The van der Waals surface area contributed by atoms with Crippen molar-refractivity contribution in [3.8, 4) is 22.3 Å². The third-order valence-electron chi connectivity index (χ3n) is 7.00. The van der Waals surface area contributed by atoms with Gasteiger partial charge in [-0.15, -0.1) is 0 Å². The summed E-state index contributed by atoms with van der Waals surface area (Å²) in [5.41, 5.74) is 10.8. The van der Waals surface area contributed by atoms with Crippen LogP contribution in [0.2, 0.25) is 0 Å². The van der Waals surface area contributed by atoms with E-state index in [-0.39, 0.29) is 0 Å². The van der Waals surface area contributed by atoms with Gasteiger partial charge >= 0.3 is 0 Å². The Hall–Kier alpha value is -3.64. The van der Waals surface area contributed by atoms with Crippen LogP contribution in [0.1, 0.15) is 28.7 Å². The van der Waals surface area contributed by atoms with Crippen LogP contribution < -0.4 is 0 Å². The maximum Gasteiger partial charge on any atom is -0.00732 e. The van der Waals surface area contributed by atoms with Gasteiger partial charge in [-0.25, -0.2) is 0 Å². The Morgan fingerprint density at radius 3 is 2.28 bits per heavy atom. The van der Waals surface area contributed by atoms with Gasteiger partial charge in [0.2, 0.25) is 0 Å². The third kappa shape index (κ3) is 2.99. The molecular weight excluding hydrogens is 384 g/mol. The van der Waals surface area contributed by atoms with E-state index in [1.54, 1.807) is 0 Å². The first-order valence-electron chi connectivity index (χ1n) is 11.5. The summed E-state index contributed by atoms with van der Waals surface area (Å²) in [6, 6.07) is 31.5. The van der Waals surface area contributed by atoms with Crippen LogP contribution in [0.15, 0.2) is 91.0 Å². The highest BCUT2D eigenvalue weighted by Gasteiger charge is 2.15. The number of allylic oxidation sites excluding steroid dienone is 1. The maximum atomic E-state index is 2.41. The van der Waals surface area contributed by atoms with E-state index < -0.39 is 0 Å². The minimum absolute atomic E-state index is 1.13. The van der Waals surface area contributed by atoms with Gasteiger partial charge < -0.3 is 0 Å². The summed E-state index contributed by atoms with van der Waals surface area (Å²) in [4.78, 5) is 0. The Morgan fingerprint density at radius 1 is 0.625 bits per heavy atom. The molecule has 0 fully saturated rings. The van der Waals surface area contributed by atoms with Gasteiger partial charge in [-0.1, -0.05) is 84.9 Å². The summed E-state index contributed by atoms with van der Waals surface area (Å²) in [6.07, 6.45) is 6.87. The second-order valence-corrected chi connectivity index (χ2v) is 8.99. The zero-order valence-electron chi connectivity index (χ0n) is 18.7. The molecule has 5 aromatic rings. The molecule has 154 valence electrons. The molecule has 0 unspecified atom stereocenters. The lowest BCUT2D eigenvalue weighted by atomic mass is 9.85. The van der Waals surface area contributed by atoms with Gasteiger partial charge in [0, 0.05) is 0 Å². The van der Waals surface area contributed by atoms with Crippen LogP contribution in [-0.2, 0) is 6.42 Å². The molecule has 0 spiro atoms. The summed E-state index contributed by atoms with van der Waals surface area (Å²) in [5, 5.41) is 5.37. The maximum absolute atomic E-state index is 2.41. The molecule has 0 saturated carbocycles. The Morgan fingerprint density at radius 2 is 1.41 bits per heavy atom. The summed E-state index contributed by atoms with van der Waals surface area (Å²) < 4.78 is 0. The van der Waals surface area contributed by atoms with Crippen LogP contribution in [0, 0.1) is 13.8 Å². The quantitative estimate of drug-likeness (QED) is 0.272. The van der Waals surface area contributed by atoms with E-state index in [9.17, 15) is 0 Å². The van der Waals surface area contributed by atoms with Gasteiger partial charge in [0.25, 0.3) is 0 Å². The molecule has 0 amide bonds. The lowest BCUT2D eigenvalue weighted by Crippen LogP contribution is -1.97. The Bertz CT molecular complexity index is 1530. The molecule has 0 radical (unpaired) electrons. The van der Waals surface area contributed by atoms with Crippen molar-refractivity contribution < 1.29 is 0 Å². The number of hydrogen-bond acceptors (Lipinski definition) is 0. The Balaban J connectivity index is 1.66. The van der Waals surface area contributed by atoms with Gasteiger partial charge in [0.1, 0.15) is 0 Å². The fraction of sp³-hybridized carbons (Fsp3) is 0.125. The Labute approximate surface area is 189 Å². The molecule has 0 heterocycles. The number of fused-ring (bicyclic) bond motifs is 4. The van der Waals surface area contributed by atoms with Crippen molar-refractivity contribution in [3.63, 3.8) is 0 Å². The lowest BCUT2D eigenvalue weighted by molar-refractivity contribution is 0.997. The fourth-order valence-electron chi connectivity index (χ4n) is 5.37. The second kappa shape index (κ2) is 7.50. The van der Waals surface area contributed by atoms with Crippen molar-refractivity contribution in [2.45, 2.75) is 26.7 Å². The normalized spacial score (nSPS) is 12.9. The topological polar surface area (TPSA) is 0 Å². The van der Waals surface area contributed by atoms with Crippen LogP contribution in [-0.4, -0.2) is 0 Å². The van der Waals surface area contributed by atoms with Crippen molar-refractivity contribution in [2.75, 3.05) is 0 Å². The summed E-state index contributed by atoms with van der Waals surface area (Å²) in [6.45, 7) is 4.44. The average molecular weight is 411 g/mol. The SMILES string of the molecule is Cc1ccccc1-c1c(C)ccc2ccc(-c3cc4c(c5ccccc35)CCC=C4)cc12. The molecule has 1 aliphatic carbocycles. The van der Waals surface area contributed by atoms with Crippen LogP contribution >= 0.6 is 0 Å². The zero-order chi connectivity index (χ0) is 21.7. The number of hydrogen-bond donors (Lipinski definition) is 0. The van der Waals surface area contributed by atoms with Gasteiger partial charge in [0.15, 0.2) is 0 Å². The second-order valence-electron chi connectivity index (χ2n) is 8.99. The highest BCUT2D eigenvalue weighted by atomic mass is 14.2. The minimum atomic E-state index is 1.13. The summed E-state index contributed by atoms with van der Waals surface area (Å²) in [5.74, 6) is 0. The third-order valence-corrected chi connectivity index (χ3v) is 7.00. The molecule has 0 atom stereocenters. The van der Waals surface area contributed by atoms with E-state index in [0.717, 1.165) is 12.8 Å². The molecule has 5 aromatic carbocycles. The fourth-order valence-corrected chi connectivity index (χ4v) is 5.37. The van der Waals surface area contributed by atoms with E-state index in [1.807, 2.05) is 0 Å². The summed E-state index contributed by atoms with van der Waals surface area (Å²) in [7, 11) is 0. The standard InChI is InChI=1S/C32H26/c1-21-9-3-5-11-26(21)32-22(2)15-16-23-17-18-25(20-31(23)32)30-19-24-10-4-6-12-27(24)28-13-7-8-14-29(28)30/h3-5,7-11,13-20H,6,12H2,1-2H3. The molecule has 0 aliphatic heterocycles. The number of aryl methyl sites for hydroxylation is 3. The zero-order valence-corrected chi connectivity index (χ0v) is 18.7. The van der Waals surface area contributed by atoms with Crippen molar-refractivity contribution in [1.82, 2.24) is 0 Å². The first-order chi connectivity index (χ1) is 15.7. The predicted molar refractivity (Wildman–Crippen MR) is 139 cm³/mol. The predicted octanol–water partition coefficient (Wildman–Crippen LogP) is 8.90. The molecule has 32 heavy (non-hydrogen) atoms. The van der Waals surface area contributed by atoms with Crippen molar-refractivity contribution in [1.29, 1.82) is 0 Å². The average Bonchev–Trinajstić information content (AvgIpc) is 2.84. The number of rotatable bonds is 2. The van der Waals surface area contributed by atoms with Gasteiger partial charge in [0.05, 0.1) is 0 Å². The molecule has 0 heteroatoms. The van der Waals surface area contributed by atoms with E-state index in [2.05, 4.69) is 111 Å². The van der Waals surface area contributed by atoms with E-state index in [0.29, 0.717) is 0 Å². The molecule has 0 nitrogen and oxygen atoms in total. The lowest BCUT2D eigenvalue weighted by Gasteiger charge is -2.18. The van der Waals surface area contributed by atoms with E-state index in [1.165, 1.54) is 66.1 Å². The van der Waals surface area contributed by atoms with E-state index in [4.69, 9.17) is 0 Å². The highest BCUT2D eigenvalue weighted by Crippen LogP contribution is 2.40. The van der Waals surface area contributed by atoms with Crippen LogP contribution in [0.25, 0.3) is 49.9 Å². The molecule has 0 bridgehead atoms. The Kier molecular flexibility index (Phi) is 4.47. The van der Waals surface area contributed by atoms with Gasteiger partial charge in [-0.05, 0) is 105 Å². The molecule has 0 N–H and O–H groups in total. The highest BCUT2D eigenvalue weighted by molar-refractivity contribution is 6.05. The summed E-state index contributed by atoms with van der Waals surface area (Å²) >= 11 is 0. The molecule has 0 saturated heterocycles. The van der Waals surface area contributed by atoms with Crippen molar-refractivity contribution >= 4 is 27.6 Å². The van der Waals surface area contributed by atoms with Crippen molar-refractivity contribution in [3.05, 3.63) is 113 Å². The first-order valence-corrected chi connectivity index (χ1v) is 11.5. The molecule has 1 aliphatic rings. The van der Waals surface area contributed by atoms with Crippen LogP contribution in [0.4, 0.5) is 0 Å². The molecule has 6 rings (SSSR count). The molecular formula is C32H26. The van der Waals surface area contributed by atoms with Gasteiger partial charge in [-0.3, -0.25) is 0 Å². The smallest absolute Gasteiger partial charge is 0.00732 e. The first kappa shape index (κ1) is 19.1. The van der Waals surface area contributed by atoms with Crippen LogP contribution in [0.5, 0.6) is 0 Å². The van der Waals surface area contributed by atoms with E-state index >= 15 is 0 Å². The van der Waals surface area contributed by atoms with Gasteiger partial charge in [-0.2, -0.15) is 0 Å². The number of benzene rings is 5. The van der Waals surface area contributed by atoms with Crippen molar-refractivity contribution in [2.24, 2.45) is 0 Å².